The smallest absolute Gasteiger partial charge is 0.407 e. The van der Waals surface area contributed by atoms with Gasteiger partial charge in [0.1, 0.15) is 0 Å². The Kier molecular flexibility index (Phi) is 7.99. The zero-order valence-electron chi connectivity index (χ0n) is 14.8. The minimum atomic E-state index is -0.877. The van der Waals surface area contributed by atoms with Gasteiger partial charge in [0, 0.05) is 6.54 Å². The van der Waals surface area contributed by atoms with Crippen molar-refractivity contribution in [1.82, 2.24) is 4.90 Å². The van der Waals surface area contributed by atoms with E-state index in [2.05, 4.69) is 6.92 Å². The molecule has 0 fully saturated rings. The molecule has 2 aromatic rings. The Labute approximate surface area is 150 Å². The highest BCUT2D eigenvalue weighted by Gasteiger charge is 2.23. The number of hydrogen-bond donors (Lipinski definition) is 1. The molecule has 0 aromatic heterocycles. The summed E-state index contributed by atoms with van der Waals surface area (Å²) in [5, 5.41) is 9.64. The first-order valence-electron chi connectivity index (χ1n) is 8.86. The second kappa shape index (κ2) is 10.5. The van der Waals surface area contributed by atoms with E-state index >= 15 is 0 Å². The summed E-state index contributed by atoms with van der Waals surface area (Å²) in [6, 6.07) is 19.8. The number of carboxylic acid groups (broad SMARTS) is 1. The number of amides is 1. The first-order chi connectivity index (χ1) is 12.2. The Hall–Kier alpha value is -2.33. The van der Waals surface area contributed by atoms with Crippen molar-refractivity contribution in [1.29, 1.82) is 0 Å². The molecule has 0 unspecified atom stereocenters. The molecule has 2 rings (SSSR count). The van der Waals surface area contributed by atoms with Crippen LogP contribution in [0, 0.1) is 0 Å². The molecule has 134 valence electrons. The minimum absolute atomic E-state index is 0.185. The highest BCUT2D eigenvalue weighted by molar-refractivity contribution is 5.65. The molecule has 0 heterocycles. The normalized spacial score (nSPS) is 11.9. The van der Waals surface area contributed by atoms with Crippen molar-refractivity contribution in [2.75, 3.05) is 13.2 Å². The van der Waals surface area contributed by atoms with Crippen molar-refractivity contribution in [3.05, 3.63) is 71.8 Å². The fraction of sp³-hybridized carbons (Fsp3) is 0.381. The quantitative estimate of drug-likeness (QED) is 0.687. The van der Waals surface area contributed by atoms with Crippen LogP contribution in [-0.2, 0) is 17.8 Å². The van der Waals surface area contributed by atoms with Gasteiger partial charge in [-0.15, -0.1) is 0 Å². The average Bonchev–Trinajstić information content (AvgIpc) is 2.63. The van der Waals surface area contributed by atoms with Crippen LogP contribution in [0.2, 0.25) is 0 Å². The lowest BCUT2D eigenvalue weighted by molar-refractivity contribution is 0.0488. The van der Waals surface area contributed by atoms with Crippen molar-refractivity contribution in [2.45, 2.75) is 38.8 Å². The third-order valence-corrected chi connectivity index (χ3v) is 4.17. The molecule has 0 aliphatic heterocycles. The summed E-state index contributed by atoms with van der Waals surface area (Å²) in [5.41, 5.74) is 2.22. The largest absolute Gasteiger partial charge is 0.465 e. The molecule has 1 amide bonds. The lowest BCUT2D eigenvalue weighted by Gasteiger charge is -2.29. The number of unbranched alkanes of at least 4 members (excludes halogenated alkanes) is 1. The summed E-state index contributed by atoms with van der Waals surface area (Å²) in [5.74, 6) is 0. The molecular weight excluding hydrogens is 314 g/mol. The van der Waals surface area contributed by atoms with Gasteiger partial charge < -0.3 is 14.7 Å². The van der Waals surface area contributed by atoms with Crippen molar-refractivity contribution < 1.29 is 14.6 Å². The maximum atomic E-state index is 11.7. The number of benzene rings is 2. The number of hydrogen-bond acceptors (Lipinski definition) is 2. The van der Waals surface area contributed by atoms with E-state index in [9.17, 15) is 9.90 Å². The van der Waals surface area contributed by atoms with E-state index in [1.54, 1.807) is 0 Å². The summed E-state index contributed by atoms with van der Waals surface area (Å²) < 4.78 is 5.86. The van der Waals surface area contributed by atoms with Crippen molar-refractivity contribution in [3.63, 3.8) is 0 Å². The van der Waals surface area contributed by atoms with E-state index in [0.717, 1.165) is 24.0 Å². The topological polar surface area (TPSA) is 49.8 Å². The Balaban J connectivity index is 2.02. The van der Waals surface area contributed by atoms with Gasteiger partial charge >= 0.3 is 6.09 Å². The fourth-order valence-electron chi connectivity index (χ4n) is 2.80. The predicted molar refractivity (Wildman–Crippen MR) is 99.7 cm³/mol. The molecule has 0 saturated carbocycles. The zero-order valence-corrected chi connectivity index (χ0v) is 14.8. The van der Waals surface area contributed by atoms with E-state index in [4.69, 9.17) is 4.74 Å². The van der Waals surface area contributed by atoms with Crippen LogP contribution in [0.5, 0.6) is 0 Å². The van der Waals surface area contributed by atoms with E-state index in [-0.39, 0.29) is 6.04 Å². The molecule has 1 N–H and O–H groups in total. The Morgan fingerprint density at radius 2 is 1.64 bits per heavy atom. The Morgan fingerprint density at radius 3 is 2.20 bits per heavy atom. The van der Waals surface area contributed by atoms with E-state index in [1.165, 1.54) is 4.90 Å². The Bertz CT molecular complexity index is 616. The molecule has 0 aliphatic rings. The molecule has 4 nitrogen and oxygen atoms in total. The molecular formula is C21H27NO3. The van der Waals surface area contributed by atoms with Crippen LogP contribution in [0.15, 0.2) is 60.7 Å². The van der Waals surface area contributed by atoms with Crippen LogP contribution in [0.4, 0.5) is 4.79 Å². The van der Waals surface area contributed by atoms with Gasteiger partial charge in [0.2, 0.25) is 0 Å². The molecule has 2 aromatic carbocycles. The summed E-state index contributed by atoms with van der Waals surface area (Å²) in [4.78, 5) is 13.3. The third-order valence-electron chi connectivity index (χ3n) is 4.17. The van der Waals surface area contributed by atoms with Crippen LogP contribution < -0.4 is 0 Å². The maximum Gasteiger partial charge on any atom is 0.407 e. The second-order valence-electron chi connectivity index (χ2n) is 6.17. The van der Waals surface area contributed by atoms with Gasteiger partial charge in [-0.1, -0.05) is 74.0 Å². The SMILES string of the molecule is CCCCN(C(=O)O)[C@H](COCc1ccccc1)Cc1ccccc1. The van der Waals surface area contributed by atoms with Gasteiger partial charge in [0.25, 0.3) is 0 Å². The standard InChI is InChI=1S/C21H27NO3/c1-2-3-14-22(21(23)24)20(15-18-10-6-4-7-11-18)17-25-16-19-12-8-5-9-13-19/h4-13,20H,2-3,14-17H2,1H3,(H,23,24)/t20-/m0/s1. The van der Waals surface area contributed by atoms with Gasteiger partial charge in [-0.25, -0.2) is 4.79 Å². The molecule has 0 spiro atoms. The molecule has 0 bridgehead atoms. The van der Waals surface area contributed by atoms with Crippen LogP contribution in [-0.4, -0.2) is 35.3 Å². The maximum absolute atomic E-state index is 11.7. The fourth-order valence-corrected chi connectivity index (χ4v) is 2.80. The van der Waals surface area contributed by atoms with Gasteiger partial charge in [-0.3, -0.25) is 0 Å². The average molecular weight is 341 g/mol. The predicted octanol–water partition coefficient (Wildman–Crippen LogP) is 4.59. The highest BCUT2D eigenvalue weighted by atomic mass is 16.5. The first-order valence-corrected chi connectivity index (χ1v) is 8.86. The summed E-state index contributed by atoms with van der Waals surface area (Å²) >= 11 is 0. The molecule has 25 heavy (non-hydrogen) atoms. The first kappa shape index (κ1) is 19.0. The molecule has 0 radical (unpaired) electrons. The Morgan fingerprint density at radius 1 is 1.04 bits per heavy atom. The second-order valence-corrected chi connectivity index (χ2v) is 6.17. The summed E-state index contributed by atoms with van der Waals surface area (Å²) in [6.45, 7) is 3.49. The van der Waals surface area contributed by atoms with E-state index < -0.39 is 6.09 Å². The van der Waals surface area contributed by atoms with Crippen molar-refractivity contribution in [2.24, 2.45) is 0 Å². The monoisotopic (exact) mass is 341 g/mol. The zero-order chi connectivity index (χ0) is 17.9. The molecule has 4 heteroatoms. The van der Waals surface area contributed by atoms with Crippen LogP contribution in [0.3, 0.4) is 0 Å². The van der Waals surface area contributed by atoms with Gasteiger partial charge in [-0.05, 0) is 24.0 Å². The van der Waals surface area contributed by atoms with Crippen LogP contribution >= 0.6 is 0 Å². The lowest BCUT2D eigenvalue weighted by Crippen LogP contribution is -2.44. The third kappa shape index (κ3) is 6.59. The number of ether oxygens (including phenoxy) is 1. The van der Waals surface area contributed by atoms with Crippen molar-refractivity contribution in [3.8, 4) is 0 Å². The van der Waals surface area contributed by atoms with E-state index in [0.29, 0.717) is 26.2 Å². The number of carbonyl (C=O) groups is 1. The van der Waals surface area contributed by atoms with Crippen LogP contribution in [0.25, 0.3) is 0 Å². The molecule has 1 atom stereocenters. The highest BCUT2D eigenvalue weighted by Crippen LogP contribution is 2.13. The van der Waals surface area contributed by atoms with Gasteiger partial charge in [0.05, 0.1) is 19.3 Å². The summed E-state index contributed by atoms with van der Waals surface area (Å²) in [7, 11) is 0. The van der Waals surface area contributed by atoms with Gasteiger partial charge in [-0.2, -0.15) is 0 Å². The van der Waals surface area contributed by atoms with Gasteiger partial charge in [0.15, 0.2) is 0 Å². The minimum Gasteiger partial charge on any atom is -0.465 e. The molecule has 0 saturated heterocycles. The number of rotatable bonds is 10. The summed E-state index contributed by atoms with van der Waals surface area (Å²) in [6.07, 6.45) is 1.60. The van der Waals surface area contributed by atoms with Crippen molar-refractivity contribution >= 4 is 6.09 Å². The number of nitrogens with zero attached hydrogens (tertiary/aromatic N) is 1. The van der Waals surface area contributed by atoms with E-state index in [1.807, 2.05) is 60.7 Å². The lowest BCUT2D eigenvalue weighted by atomic mass is 10.0. The van der Waals surface area contributed by atoms with Crippen LogP contribution in [0.1, 0.15) is 30.9 Å². The molecule has 0 aliphatic carbocycles.